The number of halogens is 2. The van der Waals surface area contributed by atoms with Gasteiger partial charge in [0.15, 0.2) is 0 Å². The first-order valence-electron chi connectivity index (χ1n) is 13.7. The highest BCUT2D eigenvalue weighted by Crippen LogP contribution is 2.32. The first-order valence-corrected chi connectivity index (χ1v) is 18.2. The van der Waals surface area contributed by atoms with E-state index in [4.69, 9.17) is 0 Å². The van der Waals surface area contributed by atoms with Gasteiger partial charge in [-0.25, -0.2) is 16.8 Å². The minimum Gasteiger partial charge on any atom is -0.268 e. The summed E-state index contributed by atoms with van der Waals surface area (Å²) in [5, 5.41) is 0. The molecule has 0 saturated heterocycles. The summed E-state index contributed by atoms with van der Waals surface area (Å²) < 4.78 is 58.5. The van der Waals surface area contributed by atoms with Gasteiger partial charge in [0.25, 0.3) is 31.9 Å². The highest BCUT2D eigenvalue weighted by molar-refractivity contribution is 9.10. The fourth-order valence-corrected chi connectivity index (χ4v) is 7.86. The van der Waals surface area contributed by atoms with Gasteiger partial charge in [0.05, 0.1) is 21.2 Å². The lowest BCUT2D eigenvalue weighted by Crippen LogP contribution is -2.38. The molecule has 0 aliphatic rings. The van der Waals surface area contributed by atoms with Crippen LogP contribution in [0.3, 0.4) is 0 Å². The molecule has 0 fully saturated rings. The Labute approximate surface area is 284 Å². The second kappa shape index (κ2) is 13.3. The third-order valence-corrected chi connectivity index (χ3v) is 11.5. The van der Waals surface area contributed by atoms with E-state index in [0.717, 1.165) is 11.1 Å². The summed E-state index contributed by atoms with van der Waals surface area (Å²) in [6.45, 7) is 3.69. The Morgan fingerprint density at radius 3 is 1.02 bits per heavy atom. The van der Waals surface area contributed by atoms with Crippen LogP contribution in [0.1, 0.15) is 31.8 Å². The summed E-state index contributed by atoms with van der Waals surface area (Å²) in [7, 11) is -8.88. The highest BCUT2D eigenvalue weighted by atomic mass is 79.9. The van der Waals surface area contributed by atoms with Crippen molar-refractivity contribution in [3.05, 3.63) is 153 Å². The molecule has 0 saturated carbocycles. The van der Waals surface area contributed by atoms with E-state index < -0.39 is 31.9 Å². The number of hydrogen-bond donors (Lipinski definition) is 0. The molecule has 0 radical (unpaired) electrons. The molecule has 2 amide bonds. The van der Waals surface area contributed by atoms with Crippen LogP contribution in [0.15, 0.2) is 140 Å². The third-order valence-electron chi connectivity index (χ3n) is 6.99. The second-order valence-electron chi connectivity index (χ2n) is 10.3. The van der Waals surface area contributed by atoms with Crippen LogP contribution in [-0.2, 0) is 20.0 Å². The Kier molecular flexibility index (Phi) is 9.64. The standard InChI is InChI=1S/C34H26Br2N2O6S2/c1-23-3-7-25(8-4-23)33(39)37(45(41,42)31-19-11-27(35)12-20-31)29-15-17-30(18-16-29)38(34(40)26-9-5-24(2)6-10-26)46(43,44)32-21-13-28(36)14-22-32/h3-22H,1-2H3. The van der Waals surface area contributed by atoms with Crippen LogP contribution >= 0.6 is 31.9 Å². The molecule has 0 heterocycles. The first-order chi connectivity index (χ1) is 21.8. The van der Waals surface area contributed by atoms with Crippen molar-refractivity contribution in [2.75, 3.05) is 8.61 Å². The minimum absolute atomic E-state index is 0.0546. The molecule has 0 N–H and O–H groups in total. The van der Waals surface area contributed by atoms with Gasteiger partial charge in [-0.3, -0.25) is 9.59 Å². The predicted octanol–water partition coefficient (Wildman–Crippen LogP) is 7.90. The number of nitrogens with zero attached hydrogens (tertiary/aromatic N) is 2. The summed E-state index contributed by atoms with van der Waals surface area (Å²) in [5.41, 5.74) is 1.91. The molecule has 12 heteroatoms. The number of hydrogen-bond acceptors (Lipinski definition) is 6. The SMILES string of the molecule is Cc1ccc(C(=O)N(c2ccc(N(C(=O)c3ccc(C)cc3)S(=O)(=O)c3ccc(Br)cc3)cc2)S(=O)(=O)c2ccc(Br)cc2)cc1. The molecular formula is C34H26Br2N2O6S2. The monoisotopic (exact) mass is 780 g/mol. The third kappa shape index (κ3) is 6.85. The smallest absolute Gasteiger partial charge is 0.268 e. The van der Waals surface area contributed by atoms with Crippen molar-refractivity contribution in [3.63, 3.8) is 0 Å². The van der Waals surface area contributed by atoms with Gasteiger partial charge in [0, 0.05) is 20.1 Å². The number of aryl methyl sites for hydroxylation is 2. The van der Waals surface area contributed by atoms with Crippen molar-refractivity contribution in [3.8, 4) is 0 Å². The quantitative estimate of drug-likeness (QED) is 0.158. The normalized spacial score (nSPS) is 11.6. The molecule has 0 aromatic heterocycles. The zero-order valence-corrected chi connectivity index (χ0v) is 29.3. The molecular weight excluding hydrogens is 756 g/mol. The van der Waals surface area contributed by atoms with Crippen molar-refractivity contribution in [1.82, 2.24) is 0 Å². The molecule has 234 valence electrons. The molecule has 5 aromatic rings. The molecule has 0 aliphatic heterocycles. The van der Waals surface area contributed by atoms with Crippen LogP contribution < -0.4 is 8.61 Å². The van der Waals surface area contributed by atoms with Gasteiger partial charge < -0.3 is 0 Å². The maximum Gasteiger partial charge on any atom is 0.272 e. The van der Waals surface area contributed by atoms with Gasteiger partial charge >= 0.3 is 0 Å². The van der Waals surface area contributed by atoms with E-state index in [2.05, 4.69) is 31.9 Å². The Bertz CT molecular complexity index is 1960. The fourth-order valence-electron chi connectivity index (χ4n) is 4.50. The topological polar surface area (TPSA) is 109 Å². The maximum absolute atomic E-state index is 14.0. The minimum atomic E-state index is -4.44. The lowest BCUT2D eigenvalue weighted by molar-refractivity contribution is 0.0996. The molecule has 0 bridgehead atoms. The van der Waals surface area contributed by atoms with Crippen LogP contribution in [0.4, 0.5) is 11.4 Å². The van der Waals surface area contributed by atoms with Gasteiger partial charge in [-0.15, -0.1) is 0 Å². The second-order valence-corrected chi connectivity index (χ2v) is 15.7. The Balaban J connectivity index is 1.64. The fraction of sp³-hybridized carbons (Fsp3) is 0.0588. The van der Waals surface area contributed by atoms with Crippen molar-refractivity contribution < 1.29 is 26.4 Å². The zero-order chi connectivity index (χ0) is 33.2. The van der Waals surface area contributed by atoms with Gasteiger partial charge in [0.1, 0.15) is 0 Å². The maximum atomic E-state index is 14.0. The van der Waals surface area contributed by atoms with E-state index in [1.807, 2.05) is 13.8 Å². The van der Waals surface area contributed by atoms with Crippen LogP contribution in [-0.4, -0.2) is 28.6 Å². The Morgan fingerprint density at radius 1 is 0.457 bits per heavy atom. The zero-order valence-electron chi connectivity index (χ0n) is 24.5. The van der Waals surface area contributed by atoms with Crippen molar-refractivity contribution >= 4 is 75.1 Å². The molecule has 0 unspecified atom stereocenters. The van der Waals surface area contributed by atoms with E-state index >= 15 is 0 Å². The van der Waals surface area contributed by atoms with E-state index in [-0.39, 0.29) is 32.3 Å². The number of benzene rings is 5. The van der Waals surface area contributed by atoms with E-state index in [1.165, 1.54) is 72.8 Å². The average molecular weight is 783 g/mol. The number of carbonyl (C=O) groups excluding carboxylic acids is 2. The summed E-state index contributed by atoms with van der Waals surface area (Å²) in [5.74, 6) is -1.63. The Hall–Kier alpha value is -4.10. The van der Waals surface area contributed by atoms with Crippen LogP contribution in [0.2, 0.25) is 0 Å². The largest absolute Gasteiger partial charge is 0.272 e. The molecule has 0 spiro atoms. The van der Waals surface area contributed by atoms with Crippen LogP contribution in [0.5, 0.6) is 0 Å². The lowest BCUT2D eigenvalue weighted by Gasteiger charge is -2.25. The van der Waals surface area contributed by atoms with Crippen LogP contribution in [0, 0.1) is 13.8 Å². The number of anilines is 2. The van der Waals surface area contributed by atoms with E-state index in [9.17, 15) is 26.4 Å². The molecule has 5 aromatic carbocycles. The summed E-state index contributed by atoms with van der Waals surface area (Å²) >= 11 is 6.59. The summed E-state index contributed by atoms with van der Waals surface area (Å²) in [6.07, 6.45) is 0. The molecule has 0 atom stereocenters. The molecule has 8 nitrogen and oxygen atoms in total. The summed E-state index contributed by atoms with van der Waals surface area (Å²) in [6, 6.07) is 29.8. The molecule has 0 aliphatic carbocycles. The Morgan fingerprint density at radius 2 is 0.739 bits per heavy atom. The summed E-state index contributed by atoms with van der Waals surface area (Å²) in [4.78, 5) is 27.4. The van der Waals surface area contributed by atoms with Gasteiger partial charge in [-0.2, -0.15) is 8.61 Å². The van der Waals surface area contributed by atoms with Gasteiger partial charge in [0.2, 0.25) is 0 Å². The van der Waals surface area contributed by atoms with Crippen molar-refractivity contribution in [2.45, 2.75) is 23.6 Å². The predicted molar refractivity (Wildman–Crippen MR) is 185 cm³/mol. The van der Waals surface area contributed by atoms with Crippen molar-refractivity contribution in [2.24, 2.45) is 0 Å². The number of sulfonamides is 2. The first kappa shape index (κ1) is 33.3. The number of rotatable bonds is 8. The molecule has 5 rings (SSSR count). The number of carbonyl (C=O) groups is 2. The highest BCUT2D eigenvalue weighted by Gasteiger charge is 2.34. The number of amides is 2. The van der Waals surface area contributed by atoms with E-state index in [1.54, 1.807) is 48.5 Å². The van der Waals surface area contributed by atoms with E-state index in [0.29, 0.717) is 17.6 Å². The molecule has 46 heavy (non-hydrogen) atoms. The average Bonchev–Trinajstić information content (AvgIpc) is 3.03. The van der Waals surface area contributed by atoms with Gasteiger partial charge in [-0.1, -0.05) is 67.3 Å². The van der Waals surface area contributed by atoms with Crippen molar-refractivity contribution in [1.29, 1.82) is 0 Å². The van der Waals surface area contributed by atoms with Crippen LogP contribution in [0.25, 0.3) is 0 Å². The lowest BCUT2D eigenvalue weighted by atomic mass is 10.1. The van der Waals surface area contributed by atoms with Gasteiger partial charge in [-0.05, 0) is 111 Å².